The molecule has 3 atom stereocenters. The van der Waals surface area contributed by atoms with Gasteiger partial charge in [-0.15, -0.1) is 0 Å². The van der Waals surface area contributed by atoms with Gasteiger partial charge >= 0.3 is 0 Å². The molecule has 208 valence electrons. The fourth-order valence-corrected chi connectivity index (χ4v) is 6.57. The van der Waals surface area contributed by atoms with E-state index < -0.39 is 0 Å². The van der Waals surface area contributed by atoms with Gasteiger partial charge in [-0.05, 0) is 102 Å². The molecule has 0 radical (unpaired) electrons. The van der Waals surface area contributed by atoms with Gasteiger partial charge in [0.1, 0.15) is 12.4 Å². The Bertz CT molecular complexity index is 1620. The number of ether oxygens (including phenoxy) is 2. The van der Waals surface area contributed by atoms with Crippen LogP contribution in [-0.2, 0) is 6.61 Å². The number of nitrogens with one attached hydrogen (secondary N) is 1. The van der Waals surface area contributed by atoms with Gasteiger partial charge in [0, 0.05) is 23.4 Å². The van der Waals surface area contributed by atoms with Gasteiger partial charge in [0.25, 0.3) is 0 Å². The van der Waals surface area contributed by atoms with E-state index in [2.05, 4.69) is 89.4 Å². The van der Waals surface area contributed by atoms with E-state index in [1.807, 2.05) is 25.3 Å². The van der Waals surface area contributed by atoms with Gasteiger partial charge in [-0.25, -0.2) is 4.39 Å². The fraction of sp³-hybridized carbons (Fsp3) is 0.229. The number of rotatable bonds is 8. The third kappa shape index (κ3) is 5.89. The summed E-state index contributed by atoms with van der Waals surface area (Å²) in [5, 5.41) is 3.82. The largest absolute Gasteiger partial charge is 0.490 e. The number of hydrogen-bond acceptors (Lipinski definition) is 4. The summed E-state index contributed by atoms with van der Waals surface area (Å²) in [5.74, 6) is 1.90. The topological polar surface area (TPSA) is 42.8 Å². The Morgan fingerprint density at radius 1 is 1.02 bits per heavy atom. The molecule has 4 aromatic carbocycles. The molecule has 0 fully saturated rings. The minimum atomic E-state index is -0.283. The molecule has 0 bridgehead atoms. The highest BCUT2D eigenvalue weighted by atomic mass is 127. The number of aryl methyl sites for hydroxylation is 1. The van der Waals surface area contributed by atoms with Gasteiger partial charge in [-0.2, -0.15) is 0 Å². The Balaban J connectivity index is 1.18. The molecule has 0 saturated carbocycles. The van der Waals surface area contributed by atoms with Gasteiger partial charge in [0.05, 0.1) is 21.9 Å². The van der Waals surface area contributed by atoms with E-state index in [1.165, 1.54) is 28.4 Å². The normalized spacial score (nSPS) is 19.1. The van der Waals surface area contributed by atoms with Gasteiger partial charge in [-0.1, -0.05) is 60.2 Å². The zero-order chi connectivity index (χ0) is 28.3. The van der Waals surface area contributed by atoms with Crippen LogP contribution in [0.3, 0.4) is 0 Å². The number of fused-ring (bicyclic) bond motifs is 3. The lowest BCUT2D eigenvalue weighted by molar-refractivity contribution is 0.264. The van der Waals surface area contributed by atoms with Gasteiger partial charge in [-0.3, -0.25) is 4.99 Å². The molecule has 0 spiro atoms. The van der Waals surface area contributed by atoms with Crippen LogP contribution in [0.15, 0.2) is 96.0 Å². The summed E-state index contributed by atoms with van der Waals surface area (Å²) < 4.78 is 26.9. The molecule has 0 unspecified atom stereocenters. The second-order valence-electron chi connectivity index (χ2n) is 10.6. The van der Waals surface area contributed by atoms with Crippen LogP contribution in [0.2, 0.25) is 0 Å². The Hall–Kier alpha value is -3.65. The highest BCUT2D eigenvalue weighted by Crippen LogP contribution is 2.50. The molecule has 0 saturated heterocycles. The van der Waals surface area contributed by atoms with Crippen molar-refractivity contribution in [2.45, 2.75) is 38.8 Å². The van der Waals surface area contributed by atoms with Gasteiger partial charge in [0.2, 0.25) is 0 Å². The lowest BCUT2D eigenvalue weighted by atomic mass is 9.76. The second kappa shape index (κ2) is 12.1. The van der Waals surface area contributed by atoms with E-state index in [1.54, 1.807) is 18.2 Å². The predicted octanol–water partition coefficient (Wildman–Crippen LogP) is 9.29. The lowest BCUT2D eigenvalue weighted by Gasteiger charge is -2.37. The number of nitrogens with zero attached hydrogens (tertiary/aromatic N) is 1. The maximum Gasteiger partial charge on any atom is 0.175 e. The van der Waals surface area contributed by atoms with Crippen LogP contribution in [0.4, 0.5) is 15.8 Å². The summed E-state index contributed by atoms with van der Waals surface area (Å²) in [4.78, 5) is 4.75. The van der Waals surface area contributed by atoms with Crippen molar-refractivity contribution in [2.24, 2.45) is 10.9 Å². The molecule has 4 aromatic rings. The molecular weight excluding hydrogens is 626 g/mol. The summed E-state index contributed by atoms with van der Waals surface area (Å²) in [6, 6.07) is 26.1. The van der Waals surface area contributed by atoms with E-state index in [4.69, 9.17) is 14.5 Å². The standard InChI is InChI=1S/C35H32FIN2O2/c1-3-40-33-19-23(18-31(37)35(33)41-21-25-7-4-5-10-30(25)36)20-38-26-14-12-24(13-15-26)34-28-9-6-8-27(28)29-17-22(2)11-16-32(29)39-34/h4-8,10-20,27-28,34,39H,3,9,21H2,1-2H3/t27-,28-,34-/m0/s1. The van der Waals surface area contributed by atoms with E-state index in [0.29, 0.717) is 35.5 Å². The zero-order valence-electron chi connectivity index (χ0n) is 23.1. The molecule has 1 N–H and O–H groups in total. The predicted molar refractivity (Wildman–Crippen MR) is 172 cm³/mol. The van der Waals surface area contributed by atoms with Crippen molar-refractivity contribution in [1.29, 1.82) is 0 Å². The van der Waals surface area contributed by atoms with Crippen LogP contribution in [0, 0.1) is 22.2 Å². The number of hydrogen-bond donors (Lipinski definition) is 1. The fourth-order valence-electron chi connectivity index (χ4n) is 5.79. The first-order chi connectivity index (χ1) is 20.0. The van der Waals surface area contributed by atoms with Crippen molar-refractivity contribution in [2.75, 3.05) is 11.9 Å². The minimum Gasteiger partial charge on any atom is -0.490 e. The van der Waals surface area contributed by atoms with Crippen LogP contribution in [0.5, 0.6) is 11.5 Å². The van der Waals surface area contributed by atoms with Crippen LogP contribution >= 0.6 is 22.6 Å². The van der Waals surface area contributed by atoms with E-state index in [0.717, 1.165) is 21.2 Å². The van der Waals surface area contributed by atoms with Crippen LogP contribution in [0.1, 0.15) is 53.1 Å². The third-order valence-electron chi connectivity index (χ3n) is 7.79. The summed E-state index contributed by atoms with van der Waals surface area (Å²) >= 11 is 2.23. The molecule has 4 nitrogen and oxygen atoms in total. The van der Waals surface area contributed by atoms with Crippen molar-refractivity contribution in [3.63, 3.8) is 0 Å². The third-order valence-corrected chi connectivity index (χ3v) is 8.60. The van der Waals surface area contributed by atoms with Crippen LogP contribution in [-0.4, -0.2) is 12.8 Å². The highest BCUT2D eigenvalue weighted by molar-refractivity contribution is 14.1. The average molecular weight is 659 g/mol. The molecular formula is C35H32FIN2O2. The molecule has 1 heterocycles. The monoisotopic (exact) mass is 658 g/mol. The first-order valence-electron chi connectivity index (χ1n) is 14.0. The molecule has 6 rings (SSSR count). The van der Waals surface area contributed by atoms with E-state index in [-0.39, 0.29) is 18.5 Å². The molecule has 1 aliphatic carbocycles. The summed E-state index contributed by atoms with van der Waals surface area (Å²) in [5.41, 5.74) is 7.51. The van der Waals surface area contributed by atoms with Crippen molar-refractivity contribution in [3.8, 4) is 11.5 Å². The molecule has 2 aliphatic rings. The van der Waals surface area contributed by atoms with Crippen molar-refractivity contribution in [1.82, 2.24) is 0 Å². The van der Waals surface area contributed by atoms with Crippen molar-refractivity contribution >= 4 is 40.2 Å². The first-order valence-corrected chi connectivity index (χ1v) is 15.1. The molecule has 6 heteroatoms. The minimum absolute atomic E-state index is 0.126. The van der Waals surface area contributed by atoms with Gasteiger partial charge in [0.15, 0.2) is 11.5 Å². The number of halogens is 2. The Labute approximate surface area is 254 Å². The van der Waals surface area contributed by atoms with Crippen LogP contribution < -0.4 is 14.8 Å². The molecule has 1 aliphatic heterocycles. The van der Waals surface area contributed by atoms with Crippen molar-refractivity contribution in [3.05, 3.63) is 128 Å². The molecule has 0 amide bonds. The van der Waals surface area contributed by atoms with E-state index in [9.17, 15) is 4.39 Å². The van der Waals surface area contributed by atoms with Crippen molar-refractivity contribution < 1.29 is 13.9 Å². The average Bonchev–Trinajstić information content (AvgIpc) is 3.47. The SMILES string of the molecule is CCOc1cc(C=Nc2ccc([C@@H]3Nc4ccc(C)cc4[C@H]4C=CC[C@@H]43)cc2)cc(I)c1OCc1ccccc1F. The van der Waals surface area contributed by atoms with Crippen LogP contribution in [0.25, 0.3) is 0 Å². The Morgan fingerprint density at radius 3 is 2.66 bits per heavy atom. The second-order valence-corrected chi connectivity index (χ2v) is 11.7. The smallest absolute Gasteiger partial charge is 0.175 e. The maximum absolute atomic E-state index is 14.1. The number of anilines is 1. The summed E-state index contributed by atoms with van der Waals surface area (Å²) in [7, 11) is 0. The number of benzene rings is 4. The summed E-state index contributed by atoms with van der Waals surface area (Å²) in [6.07, 6.45) is 7.63. The maximum atomic E-state index is 14.1. The number of allylic oxidation sites excluding steroid dienone is 2. The first kappa shape index (κ1) is 27.5. The van der Waals surface area contributed by atoms with E-state index >= 15 is 0 Å². The van der Waals surface area contributed by atoms with Gasteiger partial charge < -0.3 is 14.8 Å². The summed E-state index contributed by atoms with van der Waals surface area (Å²) in [6.45, 7) is 4.71. The zero-order valence-corrected chi connectivity index (χ0v) is 25.3. The number of aliphatic imine (C=N–C) groups is 1. The molecule has 0 aromatic heterocycles. The lowest BCUT2D eigenvalue weighted by Crippen LogP contribution is -2.29. The highest BCUT2D eigenvalue weighted by Gasteiger charge is 2.37. The Morgan fingerprint density at radius 2 is 1.85 bits per heavy atom. The Kier molecular flexibility index (Phi) is 8.10. The molecule has 41 heavy (non-hydrogen) atoms. The quantitative estimate of drug-likeness (QED) is 0.117.